The van der Waals surface area contributed by atoms with Gasteiger partial charge in [0, 0.05) is 32.5 Å². The van der Waals surface area contributed by atoms with Crippen molar-refractivity contribution in [2.24, 2.45) is 13.0 Å². The summed E-state index contributed by atoms with van der Waals surface area (Å²) in [5.74, 6) is 0.371. The molecular weight excluding hydrogens is 293 g/mol. The number of nitrogens with zero attached hydrogens (tertiary/aromatic N) is 4. The van der Waals surface area contributed by atoms with Gasteiger partial charge in [0.05, 0.1) is 11.8 Å². The highest BCUT2D eigenvalue weighted by molar-refractivity contribution is 5.49. The maximum atomic E-state index is 13.1. The van der Waals surface area contributed by atoms with Crippen molar-refractivity contribution in [3.05, 3.63) is 41.9 Å². The van der Waals surface area contributed by atoms with Crippen molar-refractivity contribution in [2.75, 3.05) is 18.0 Å². The molecule has 1 fully saturated rings. The maximum absolute atomic E-state index is 13.1. The molecule has 0 N–H and O–H groups in total. The number of anilines is 1. The molecule has 1 unspecified atom stereocenters. The fourth-order valence-corrected chi connectivity index (χ4v) is 2.97. The Balaban J connectivity index is 1.73. The third kappa shape index (κ3) is 3.08. The van der Waals surface area contributed by atoms with Crippen molar-refractivity contribution in [1.82, 2.24) is 14.8 Å². The molecule has 1 aliphatic rings. The van der Waals surface area contributed by atoms with Crippen LogP contribution in [0, 0.1) is 5.92 Å². The Morgan fingerprint density at radius 1 is 1.36 bits per heavy atom. The van der Waals surface area contributed by atoms with Crippen LogP contribution in [0.1, 0.15) is 17.5 Å². The van der Waals surface area contributed by atoms with Gasteiger partial charge in [0.2, 0.25) is 0 Å². The maximum Gasteiger partial charge on any atom is 0.419 e. The second kappa shape index (κ2) is 5.62. The van der Waals surface area contributed by atoms with Crippen molar-refractivity contribution >= 4 is 5.82 Å². The molecule has 4 nitrogen and oxygen atoms in total. The van der Waals surface area contributed by atoms with Crippen LogP contribution in [0.3, 0.4) is 0 Å². The van der Waals surface area contributed by atoms with Crippen LogP contribution in [0.2, 0.25) is 0 Å². The molecule has 22 heavy (non-hydrogen) atoms. The number of aromatic nitrogens is 3. The molecule has 7 heteroatoms. The van der Waals surface area contributed by atoms with E-state index in [1.807, 2.05) is 19.4 Å². The summed E-state index contributed by atoms with van der Waals surface area (Å²) < 4.78 is 41.0. The fourth-order valence-electron chi connectivity index (χ4n) is 2.97. The van der Waals surface area contributed by atoms with Crippen LogP contribution in [0.15, 0.2) is 30.7 Å². The van der Waals surface area contributed by atoms with Crippen LogP contribution in [0.4, 0.5) is 19.0 Å². The number of alkyl halides is 3. The summed E-state index contributed by atoms with van der Waals surface area (Å²) in [6.45, 7) is 1.19. The zero-order chi connectivity index (χ0) is 15.7. The predicted octanol–water partition coefficient (Wildman–Crippen LogP) is 2.90. The highest BCUT2D eigenvalue weighted by Crippen LogP contribution is 2.37. The Morgan fingerprint density at radius 2 is 2.18 bits per heavy atom. The number of aryl methyl sites for hydroxylation is 1. The van der Waals surface area contributed by atoms with Gasteiger partial charge in [0.1, 0.15) is 5.82 Å². The van der Waals surface area contributed by atoms with Crippen molar-refractivity contribution < 1.29 is 13.2 Å². The number of pyridine rings is 1. The molecule has 1 aliphatic heterocycles. The van der Waals surface area contributed by atoms with E-state index in [9.17, 15) is 13.2 Å². The van der Waals surface area contributed by atoms with Crippen molar-refractivity contribution in [3.8, 4) is 0 Å². The number of halogens is 3. The monoisotopic (exact) mass is 310 g/mol. The largest absolute Gasteiger partial charge is 0.419 e. The Bertz CT molecular complexity index is 650. The molecule has 3 heterocycles. The van der Waals surface area contributed by atoms with Gasteiger partial charge < -0.3 is 4.90 Å². The average Bonchev–Trinajstić information content (AvgIpc) is 3.08. The van der Waals surface area contributed by atoms with Gasteiger partial charge in [-0.25, -0.2) is 4.98 Å². The first-order chi connectivity index (χ1) is 10.4. The Morgan fingerprint density at radius 3 is 2.86 bits per heavy atom. The van der Waals surface area contributed by atoms with Gasteiger partial charge in [0.25, 0.3) is 0 Å². The number of hydrogen-bond acceptors (Lipinski definition) is 3. The quantitative estimate of drug-likeness (QED) is 0.874. The lowest BCUT2D eigenvalue weighted by Gasteiger charge is -2.21. The molecule has 1 saturated heterocycles. The van der Waals surface area contributed by atoms with Gasteiger partial charge in [0.15, 0.2) is 0 Å². The molecule has 0 saturated carbocycles. The molecule has 0 aromatic carbocycles. The molecule has 118 valence electrons. The summed E-state index contributed by atoms with van der Waals surface area (Å²) in [6, 6.07) is 2.42. The summed E-state index contributed by atoms with van der Waals surface area (Å²) in [7, 11) is 1.86. The van der Waals surface area contributed by atoms with Crippen LogP contribution in [-0.2, 0) is 19.6 Å². The summed E-state index contributed by atoms with van der Waals surface area (Å²) in [4.78, 5) is 5.70. The van der Waals surface area contributed by atoms with E-state index in [-0.39, 0.29) is 5.82 Å². The third-order valence-electron chi connectivity index (χ3n) is 3.96. The van der Waals surface area contributed by atoms with Crippen LogP contribution in [-0.4, -0.2) is 27.9 Å². The summed E-state index contributed by atoms with van der Waals surface area (Å²) >= 11 is 0. The van der Waals surface area contributed by atoms with Crippen molar-refractivity contribution in [3.63, 3.8) is 0 Å². The minimum atomic E-state index is -4.37. The van der Waals surface area contributed by atoms with Crippen LogP contribution >= 0.6 is 0 Å². The first-order valence-corrected chi connectivity index (χ1v) is 7.18. The zero-order valence-corrected chi connectivity index (χ0v) is 12.2. The molecule has 0 bridgehead atoms. The van der Waals surface area contributed by atoms with Crippen molar-refractivity contribution in [1.29, 1.82) is 0 Å². The van der Waals surface area contributed by atoms with Gasteiger partial charge in [-0.15, -0.1) is 0 Å². The molecule has 0 amide bonds. The van der Waals surface area contributed by atoms with Gasteiger partial charge >= 0.3 is 6.18 Å². The number of rotatable bonds is 3. The van der Waals surface area contributed by atoms with Crippen LogP contribution in [0.25, 0.3) is 0 Å². The van der Waals surface area contributed by atoms with Crippen LogP contribution in [0.5, 0.6) is 0 Å². The van der Waals surface area contributed by atoms with Gasteiger partial charge in [-0.1, -0.05) is 0 Å². The molecule has 0 spiro atoms. The molecule has 1 atom stereocenters. The lowest BCUT2D eigenvalue weighted by atomic mass is 10.0. The first-order valence-electron chi connectivity index (χ1n) is 7.18. The smallest absolute Gasteiger partial charge is 0.356 e. The van der Waals surface area contributed by atoms with Crippen LogP contribution < -0.4 is 4.90 Å². The molecule has 2 aromatic heterocycles. The Kier molecular flexibility index (Phi) is 3.80. The molecular formula is C15H17F3N4. The minimum Gasteiger partial charge on any atom is -0.356 e. The fraction of sp³-hybridized carbons (Fsp3) is 0.467. The summed E-state index contributed by atoms with van der Waals surface area (Å²) in [5, 5.41) is 4.12. The SMILES string of the molecule is Cn1cc(CC2CCN(c3ncccc3C(F)(F)F)C2)cn1. The lowest BCUT2D eigenvalue weighted by Crippen LogP contribution is -2.24. The van der Waals surface area contributed by atoms with E-state index in [0.29, 0.717) is 19.0 Å². The second-order valence-corrected chi connectivity index (χ2v) is 5.70. The molecule has 2 aromatic rings. The van der Waals surface area contributed by atoms with Gasteiger partial charge in [-0.2, -0.15) is 18.3 Å². The molecule has 0 radical (unpaired) electrons. The topological polar surface area (TPSA) is 34.0 Å². The second-order valence-electron chi connectivity index (χ2n) is 5.70. The lowest BCUT2D eigenvalue weighted by molar-refractivity contribution is -0.137. The normalized spacial score (nSPS) is 18.9. The highest BCUT2D eigenvalue weighted by Gasteiger charge is 2.37. The van der Waals surface area contributed by atoms with E-state index in [1.165, 1.54) is 12.3 Å². The summed E-state index contributed by atoms with van der Waals surface area (Å²) in [5.41, 5.74) is 0.462. The van der Waals surface area contributed by atoms with Crippen molar-refractivity contribution in [2.45, 2.75) is 19.0 Å². The van der Waals surface area contributed by atoms with E-state index < -0.39 is 11.7 Å². The standard InChI is InChI=1S/C15H17F3N4/c1-21-9-12(8-20-21)7-11-4-6-22(10-11)14-13(15(16,17)18)3-2-5-19-14/h2-3,5,8-9,11H,4,6-7,10H2,1H3. The average molecular weight is 310 g/mol. The number of hydrogen-bond donors (Lipinski definition) is 0. The molecule has 3 rings (SSSR count). The van der Waals surface area contributed by atoms with E-state index in [0.717, 1.165) is 24.5 Å². The molecule has 0 aliphatic carbocycles. The Hall–Kier alpha value is -2.05. The third-order valence-corrected chi connectivity index (χ3v) is 3.96. The van der Waals surface area contributed by atoms with E-state index in [2.05, 4.69) is 10.1 Å². The highest BCUT2D eigenvalue weighted by atomic mass is 19.4. The van der Waals surface area contributed by atoms with Gasteiger partial charge in [-0.3, -0.25) is 4.68 Å². The van der Waals surface area contributed by atoms with E-state index >= 15 is 0 Å². The minimum absolute atomic E-state index is 0.0451. The van der Waals surface area contributed by atoms with E-state index in [4.69, 9.17) is 0 Å². The summed E-state index contributed by atoms with van der Waals surface area (Å²) in [6.07, 6.45) is 2.50. The van der Waals surface area contributed by atoms with E-state index in [1.54, 1.807) is 9.58 Å². The predicted molar refractivity (Wildman–Crippen MR) is 76.5 cm³/mol. The first kappa shape index (κ1) is 14.9. The zero-order valence-electron chi connectivity index (χ0n) is 12.2. The van der Waals surface area contributed by atoms with Gasteiger partial charge in [-0.05, 0) is 36.5 Å². The Labute approximate surface area is 126 Å².